The normalized spacial score (nSPS) is 17.6. The van der Waals surface area contributed by atoms with Crippen LogP contribution in [0.1, 0.15) is 12.2 Å². The number of piperazine rings is 1. The van der Waals surface area contributed by atoms with Gasteiger partial charge in [0.25, 0.3) is 6.43 Å². The second-order valence-electron chi connectivity index (χ2n) is 7.32. The van der Waals surface area contributed by atoms with Gasteiger partial charge in [-0.1, -0.05) is 6.07 Å². The predicted octanol–water partition coefficient (Wildman–Crippen LogP) is 1.10. The Hall–Kier alpha value is -3.12. The van der Waals surface area contributed by atoms with Crippen molar-refractivity contribution in [3.8, 4) is 11.7 Å². The van der Waals surface area contributed by atoms with Gasteiger partial charge in [0.05, 0.1) is 18.7 Å². The molecule has 2 fully saturated rings. The average Bonchev–Trinajstić information content (AvgIpc) is 3.21. The second-order valence-corrected chi connectivity index (χ2v) is 7.32. The molecule has 0 saturated carbocycles. The number of imidazole rings is 1. The lowest BCUT2D eigenvalue weighted by Crippen LogP contribution is -2.45. The SMILES string of the molecule is Oc1cccc2c1nc(C(F)F)n2-c1nc(N2CCNCC2)nc(N2CCOCC2)n1. The summed E-state index contributed by atoms with van der Waals surface area (Å²) in [4.78, 5) is 21.7. The molecular weight excluding hydrogens is 410 g/mol. The zero-order chi connectivity index (χ0) is 21.4. The van der Waals surface area contributed by atoms with E-state index < -0.39 is 12.2 Å². The Bertz CT molecular complexity index is 1040. The highest BCUT2D eigenvalue weighted by Gasteiger charge is 2.26. The number of alkyl halides is 2. The summed E-state index contributed by atoms with van der Waals surface area (Å²) in [5.74, 6) is 0.178. The van der Waals surface area contributed by atoms with E-state index in [-0.39, 0.29) is 17.2 Å². The summed E-state index contributed by atoms with van der Waals surface area (Å²) < 4.78 is 34.4. The largest absolute Gasteiger partial charge is 0.506 e. The van der Waals surface area contributed by atoms with E-state index in [1.807, 2.05) is 9.80 Å². The van der Waals surface area contributed by atoms with Crippen LogP contribution in [0, 0.1) is 0 Å². The standard InChI is InChI=1S/C19H22F2N8O2/c20-15(21)16-23-14-12(2-1-3-13(14)30)29(16)19-25-17(27-6-4-22-5-7-27)24-18(26-19)28-8-10-31-11-9-28/h1-3,15,22,30H,4-11H2. The molecule has 0 spiro atoms. The number of morpholine rings is 1. The molecule has 0 unspecified atom stereocenters. The van der Waals surface area contributed by atoms with Gasteiger partial charge in [0.15, 0.2) is 5.82 Å². The molecule has 31 heavy (non-hydrogen) atoms. The summed E-state index contributed by atoms with van der Waals surface area (Å²) in [5.41, 5.74) is 0.385. The third kappa shape index (κ3) is 3.72. The molecule has 0 radical (unpaired) electrons. The number of anilines is 2. The van der Waals surface area contributed by atoms with Gasteiger partial charge in [-0.3, -0.25) is 4.57 Å². The first-order chi connectivity index (χ1) is 15.1. The molecule has 0 aliphatic carbocycles. The van der Waals surface area contributed by atoms with Crippen LogP contribution >= 0.6 is 0 Å². The number of phenolic OH excluding ortho intramolecular Hbond substituents is 1. The monoisotopic (exact) mass is 432 g/mol. The number of aromatic nitrogens is 5. The highest BCUT2D eigenvalue weighted by molar-refractivity contribution is 5.83. The highest BCUT2D eigenvalue weighted by Crippen LogP contribution is 2.31. The van der Waals surface area contributed by atoms with E-state index in [1.165, 1.54) is 10.6 Å². The van der Waals surface area contributed by atoms with E-state index in [1.54, 1.807) is 12.1 Å². The summed E-state index contributed by atoms with van der Waals surface area (Å²) in [6.45, 7) is 5.20. The molecule has 2 N–H and O–H groups in total. The molecule has 2 aromatic heterocycles. The number of hydrogen-bond acceptors (Lipinski definition) is 9. The van der Waals surface area contributed by atoms with Crippen molar-refractivity contribution < 1.29 is 18.6 Å². The Morgan fingerprint density at radius 2 is 1.55 bits per heavy atom. The number of hydrogen-bond donors (Lipinski definition) is 2. The van der Waals surface area contributed by atoms with Gasteiger partial charge in [-0.25, -0.2) is 13.8 Å². The number of phenols is 1. The van der Waals surface area contributed by atoms with E-state index in [9.17, 15) is 13.9 Å². The van der Waals surface area contributed by atoms with Crippen LogP contribution in [0.3, 0.4) is 0 Å². The number of nitrogens with one attached hydrogen (secondary N) is 1. The fourth-order valence-electron chi connectivity index (χ4n) is 3.81. The minimum Gasteiger partial charge on any atom is -0.506 e. The Morgan fingerprint density at radius 1 is 0.903 bits per heavy atom. The molecule has 12 heteroatoms. The number of halogens is 2. The van der Waals surface area contributed by atoms with E-state index in [4.69, 9.17) is 4.74 Å². The van der Waals surface area contributed by atoms with Crippen LogP contribution in [-0.2, 0) is 4.74 Å². The molecule has 0 atom stereocenters. The topological polar surface area (TPSA) is 104 Å². The van der Waals surface area contributed by atoms with Crippen molar-refractivity contribution in [3.63, 3.8) is 0 Å². The molecule has 4 heterocycles. The zero-order valence-electron chi connectivity index (χ0n) is 16.7. The van der Waals surface area contributed by atoms with Gasteiger partial charge in [0.1, 0.15) is 11.3 Å². The van der Waals surface area contributed by atoms with E-state index in [0.29, 0.717) is 56.8 Å². The molecule has 0 bridgehead atoms. The number of benzene rings is 1. The van der Waals surface area contributed by atoms with E-state index in [2.05, 4.69) is 25.3 Å². The smallest absolute Gasteiger partial charge is 0.296 e. The van der Waals surface area contributed by atoms with E-state index in [0.717, 1.165) is 13.1 Å². The van der Waals surface area contributed by atoms with Crippen molar-refractivity contribution in [2.45, 2.75) is 6.43 Å². The molecule has 3 aromatic rings. The van der Waals surface area contributed by atoms with Gasteiger partial charge in [0.2, 0.25) is 17.8 Å². The van der Waals surface area contributed by atoms with Crippen LogP contribution in [0.15, 0.2) is 18.2 Å². The number of rotatable bonds is 4. The van der Waals surface area contributed by atoms with Gasteiger partial charge >= 0.3 is 0 Å². The molecule has 1 aromatic carbocycles. The predicted molar refractivity (Wildman–Crippen MR) is 109 cm³/mol. The molecule has 2 aliphatic heterocycles. The first kappa shape index (κ1) is 19.8. The van der Waals surface area contributed by atoms with Gasteiger partial charge in [-0.05, 0) is 12.1 Å². The first-order valence-corrected chi connectivity index (χ1v) is 10.1. The molecule has 2 saturated heterocycles. The third-order valence-corrected chi connectivity index (χ3v) is 5.38. The Kier molecular flexibility index (Phi) is 5.24. The van der Waals surface area contributed by atoms with Crippen molar-refractivity contribution in [3.05, 3.63) is 24.0 Å². The third-order valence-electron chi connectivity index (χ3n) is 5.38. The fraction of sp³-hybridized carbons (Fsp3) is 0.474. The van der Waals surface area contributed by atoms with Gasteiger partial charge in [-0.2, -0.15) is 15.0 Å². The highest BCUT2D eigenvalue weighted by atomic mass is 19.3. The van der Waals surface area contributed by atoms with Crippen molar-refractivity contribution in [1.82, 2.24) is 29.8 Å². The molecular formula is C19H22F2N8O2. The van der Waals surface area contributed by atoms with Crippen LogP contribution in [0.2, 0.25) is 0 Å². The van der Waals surface area contributed by atoms with Crippen LogP contribution in [0.4, 0.5) is 20.7 Å². The molecule has 0 amide bonds. The number of fused-ring (bicyclic) bond motifs is 1. The Morgan fingerprint density at radius 3 is 2.23 bits per heavy atom. The lowest BCUT2D eigenvalue weighted by Gasteiger charge is -2.30. The Balaban J connectivity index is 1.69. The minimum atomic E-state index is -2.88. The maximum Gasteiger partial charge on any atom is 0.296 e. The van der Waals surface area contributed by atoms with Crippen molar-refractivity contribution in [1.29, 1.82) is 0 Å². The Labute approximate surface area is 176 Å². The van der Waals surface area contributed by atoms with Crippen molar-refractivity contribution >= 4 is 22.9 Å². The minimum absolute atomic E-state index is 0.0495. The average molecular weight is 432 g/mol. The summed E-state index contributed by atoms with van der Waals surface area (Å²) in [7, 11) is 0. The summed E-state index contributed by atoms with van der Waals surface area (Å²) in [6.07, 6.45) is -2.88. The molecule has 164 valence electrons. The molecule has 10 nitrogen and oxygen atoms in total. The quantitative estimate of drug-likeness (QED) is 0.627. The zero-order valence-corrected chi connectivity index (χ0v) is 16.7. The molecule has 5 rings (SSSR count). The van der Waals surface area contributed by atoms with Crippen LogP contribution < -0.4 is 15.1 Å². The van der Waals surface area contributed by atoms with Gasteiger partial charge in [-0.15, -0.1) is 0 Å². The lowest BCUT2D eigenvalue weighted by molar-refractivity contribution is 0.122. The van der Waals surface area contributed by atoms with Crippen LogP contribution in [0.25, 0.3) is 17.0 Å². The fourth-order valence-corrected chi connectivity index (χ4v) is 3.81. The first-order valence-electron chi connectivity index (χ1n) is 10.1. The van der Waals surface area contributed by atoms with Crippen molar-refractivity contribution in [2.75, 3.05) is 62.3 Å². The van der Waals surface area contributed by atoms with Gasteiger partial charge in [0, 0.05) is 39.3 Å². The number of nitrogens with zero attached hydrogens (tertiary/aromatic N) is 7. The van der Waals surface area contributed by atoms with Crippen LogP contribution in [-0.4, -0.2) is 82.1 Å². The summed E-state index contributed by atoms with van der Waals surface area (Å²) in [5, 5.41) is 13.4. The van der Waals surface area contributed by atoms with E-state index >= 15 is 0 Å². The maximum atomic E-state index is 13.9. The maximum absolute atomic E-state index is 13.9. The summed E-state index contributed by atoms with van der Waals surface area (Å²) in [6, 6.07) is 4.59. The number of para-hydroxylation sites is 1. The second kappa shape index (κ2) is 8.19. The van der Waals surface area contributed by atoms with Gasteiger partial charge < -0.3 is 25.0 Å². The number of ether oxygens (including phenoxy) is 1. The molecule has 2 aliphatic rings. The lowest BCUT2D eigenvalue weighted by atomic mass is 10.3. The van der Waals surface area contributed by atoms with Crippen LogP contribution in [0.5, 0.6) is 5.75 Å². The summed E-state index contributed by atoms with van der Waals surface area (Å²) >= 11 is 0. The van der Waals surface area contributed by atoms with Crippen molar-refractivity contribution in [2.24, 2.45) is 0 Å². The number of aromatic hydroxyl groups is 1.